The molecule has 1 aromatic carbocycles. The molecule has 1 amide bonds. The van der Waals surface area contributed by atoms with E-state index in [1.165, 1.54) is 16.4 Å². The molecular formula is C18H26ClN4O3S+. The molecule has 0 spiro atoms. The van der Waals surface area contributed by atoms with Crippen molar-refractivity contribution in [1.29, 1.82) is 5.26 Å². The van der Waals surface area contributed by atoms with Crippen LogP contribution in [0.4, 0.5) is 0 Å². The molecule has 1 aliphatic rings. The average molecular weight is 414 g/mol. The number of carbonyl (C=O) groups excluding carboxylic acids is 1. The van der Waals surface area contributed by atoms with Gasteiger partial charge < -0.3 is 10.2 Å². The highest BCUT2D eigenvalue weighted by atomic mass is 35.5. The highest BCUT2D eigenvalue weighted by Gasteiger charge is 2.34. The van der Waals surface area contributed by atoms with Gasteiger partial charge in [0.15, 0.2) is 6.54 Å². The van der Waals surface area contributed by atoms with Gasteiger partial charge in [0.05, 0.1) is 37.1 Å². The topological polar surface area (TPSA) is 94.7 Å². The minimum absolute atomic E-state index is 0.0113. The predicted molar refractivity (Wildman–Crippen MR) is 103 cm³/mol. The van der Waals surface area contributed by atoms with E-state index in [1.807, 2.05) is 13.8 Å². The first-order valence-corrected chi connectivity index (χ1v) is 10.7. The van der Waals surface area contributed by atoms with E-state index >= 15 is 0 Å². The molecule has 9 heteroatoms. The van der Waals surface area contributed by atoms with Crippen molar-refractivity contribution in [3.63, 3.8) is 0 Å². The smallest absolute Gasteiger partial charge is 0.276 e. The molecule has 1 aromatic rings. The van der Waals surface area contributed by atoms with E-state index in [4.69, 9.17) is 11.6 Å². The fourth-order valence-corrected chi connectivity index (χ4v) is 4.40. The van der Waals surface area contributed by atoms with Gasteiger partial charge in [-0.25, -0.2) is 8.42 Å². The molecule has 0 aromatic heterocycles. The summed E-state index contributed by atoms with van der Waals surface area (Å²) in [6.45, 7) is 7.45. The predicted octanol–water partition coefficient (Wildman–Crippen LogP) is 0.284. The number of hydrogen-bond acceptors (Lipinski definition) is 4. The van der Waals surface area contributed by atoms with Gasteiger partial charge in [0.25, 0.3) is 5.91 Å². The summed E-state index contributed by atoms with van der Waals surface area (Å²) in [7, 11) is -3.56. The molecule has 1 atom stereocenters. The second kappa shape index (κ2) is 8.57. The van der Waals surface area contributed by atoms with Crippen molar-refractivity contribution in [2.75, 3.05) is 32.7 Å². The lowest BCUT2D eigenvalue weighted by Crippen LogP contribution is -3.16. The van der Waals surface area contributed by atoms with Crippen LogP contribution in [0.25, 0.3) is 0 Å². The Hall–Kier alpha value is -1.66. The maximum atomic E-state index is 12.7. The van der Waals surface area contributed by atoms with Crippen LogP contribution in [0.15, 0.2) is 29.2 Å². The number of nitriles is 1. The number of hydrogen-bond donors (Lipinski definition) is 2. The monoisotopic (exact) mass is 413 g/mol. The van der Waals surface area contributed by atoms with Crippen LogP contribution in [-0.2, 0) is 14.8 Å². The van der Waals surface area contributed by atoms with Crippen molar-refractivity contribution in [2.24, 2.45) is 5.92 Å². The summed E-state index contributed by atoms with van der Waals surface area (Å²) in [6.07, 6.45) is 0. The molecule has 0 bridgehead atoms. The summed E-state index contributed by atoms with van der Waals surface area (Å²) >= 11 is 5.82. The molecule has 1 heterocycles. The van der Waals surface area contributed by atoms with Crippen molar-refractivity contribution < 1.29 is 18.1 Å². The normalized spacial score (nSPS) is 18.7. The second-order valence-electron chi connectivity index (χ2n) is 7.30. The van der Waals surface area contributed by atoms with Gasteiger partial charge in [-0.2, -0.15) is 9.57 Å². The van der Waals surface area contributed by atoms with Crippen LogP contribution in [-0.4, -0.2) is 56.9 Å². The molecule has 7 nitrogen and oxygen atoms in total. The summed E-state index contributed by atoms with van der Waals surface area (Å²) in [5.74, 6) is -0.209. The van der Waals surface area contributed by atoms with Gasteiger partial charge in [-0.15, -0.1) is 0 Å². The van der Waals surface area contributed by atoms with E-state index < -0.39 is 15.6 Å². The molecule has 0 radical (unpaired) electrons. The van der Waals surface area contributed by atoms with Gasteiger partial charge in [-0.05, 0) is 37.1 Å². The average Bonchev–Trinajstić information content (AvgIpc) is 2.62. The molecular weight excluding hydrogens is 388 g/mol. The Morgan fingerprint density at radius 3 is 2.37 bits per heavy atom. The lowest BCUT2D eigenvalue weighted by atomic mass is 9.90. The Bertz CT molecular complexity index is 812. The van der Waals surface area contributed by atoms with Crippen molar-refractivity contribution in [3.8, 4) is 6.07 Å². The number of sulfonamides is 1. The van der Waals surface area contributed by atoms with E-state index in [0.717, 1.165) is 4.90 Å². The van der Waals surface area contributed by atoms with Crippen LogP contribution in [0, 0.1) is 17.2 Å². The number of benzene rings is 1. The first kappa shape index (κ1) is 21.6. The zero-order valence-corrected chi connectivity index (χ0v) is 17.4. The molecule has 0 aliphatic carbocycles. The first-order valence-electron chi connectivity index (χ1n) is 8.90. The molecule has 0 unspecified atom stereocenters. The summed E-state index contributed by atoms with van der Waals surface area (Å²) in [4.78, 5) is 13.5. The third-order valence-electron chi connectivity index (χ3n) is 5.08. The van der Waals surface area contributed by atoms with Crippen LogP contribution in [0.2, 0.25) is 5.02 Å². The highest BCUT2D eigenvalue weighted by Crippen LogP contribution is 2.18. The third kappa shape index (κ3) is 5.20. The van der Waals surface area contributed by atoms with E-state index in [0.29, 0.717) is 31.2 Å². The maximum Gasteiger partial charge on any atom is 0.276 e. The zero-order valence-electron chi connectivity index (χ0n) is 15.8. The van der Waals surface area contributed by atoms with E-state index in [2.05, 4.69) is 11.4 Å². The molecule has 2 rings (SSSR count). The Balaban J connectivity index is 1.92. The Kier molecular flexibility index (Phi) is 6.87. The third-order valence-corrected chi connectivity index (χ3v) is 7.24. The SMILES string of the molecule is CC(C)[C@](C)(C#N)NC(=O)C[NH+]1CCN(S(=O)(=O)c2ccc(Cl)cc2)CC1. The van der Waals surface area contributed by atoms with Crippen molar-refractivity contribution >= 4 is 27.5 Å². The molecule has 1 saturated heterocycles. The van der Waals surface area contributed by atoms with Gasteiger partial charge >= 0.3 is 0 Å². The lowest BCUT2D eigenvalue weighted by molar-refractivity contribution is -0.895. The summed E-state index contributed by atoms with van der Waals surface area (Å²) in [5, 5.41) is 12.6. The van der Waals surface area contributed by atoms with Gasteiger partial charge in [0, 0.05) is 5.02 Å². The highest BCUT2D eigenvalue weighted by molar-refractivity contribution is 7.89. The summed E-state index contributed by atoms with van der Waals surface area (Å²) in [5.41, 5.74) is -0.906. The number of rotatable bonds is 6. The van der Waals surface area contributed by atoms with Gasteiger partial charge in [-0.3, -0.25) is 4.79 Å². The number of nitrogens with one attached hydrogen (secondary N) is 2. The number of carbonyl (C=O) groups is 1. The van der Waals surface area contributed by atoms with Crippen LogP contribution in [0.5, 0.6) is 0 Å². The van der Waals surface area contributed by atoms with Gasteiger partial charge in [0.2, 0.25) is 10.0 Å². The Morgan fingerprint density at radius 1 is 1.33 bits per heavy atom. The van der Waals surface area contributed by atoms with Crippen molar-refractivity contribution in [2.45, 2.75) is 31.2 Å². The number of piperazine rings is 1. The summed E-state index contributed by atoms with van der Waals surface area (Å²) in [6, 6.07) is 8.27. The van der Waals surface area contributed by atoms with Gasteiger partial charge in [-0.1, -0.05) is 25.4 Å². The molecule has 0 saturated carbocycles. The van der Waals surface area contributed by atoms with Crippen molar-refractivity contribution in [1.82, 2.24) is 9.62 Å². The number of quaternary nitrogens is 1. The van der Waals surface area contributed by atoms with Crippen molar-refractivity contribution in [3.05, 3.63) is 29.3 Å². The number of amides is 1. The minimum atomic E-state index is -3.56. The largest absolute Gasteiger partial charge is 0.333 e. The minimum Gasteiger partial charge on any atom is -0.333 e. The second-order valence-corrected chi connectivity index (χ2v) is 9.68. The lowest BCUT2D eigenvalue weighted by Gasteiger charge is -2.32. The molecule has 148 valence electrons. The first-order chi connectivity index (χ1) is 12.6. The van der Waals surface area contributed by atoms with Crippen LogP contribution < -0.4 is 10.2 Å². The quantitative estimate of drug-likeness (QED) is 0.700. The number of nitrogens with zero attached hydrogens (tertiary/aromatic N) is 2. The Labute approximate surface area is 165 Å². The van der Waals surface area contributed by atoms with Gasteiger partial charge in [0.1, 0.15) is 5.54 Å². The molecule has 1 aliphatic heterocycles. The fraction of sp³-hybridized carbons (Fsp3) is 0.556. The van der Waals surface area contributed by atoms with E-state index in [-0.39, 0.29) is 23.3 Å². The zero-order chi connectivity index (χ0) is 20.2. The Morgan fingerprint density at radius 2 is 1.89 bits per heavy atom. The van der Waals surface area contributed by atoms with Crippen LogP contribution in [0.3, 0.4) is 0 Å². The fourth-order valence-electron chi connectivity index (χ4n) is 2.84. The van der Waals surface area contributed by atoms with E-state index in [1.54, 1.807) is 19.1 Å². The van der Waals surface area contributed by atoms with E-state index in [9.17, 15) is 18.5 Å². The number of halogens is 1. The maximum absolute atomic E-state index is 12.7. The standard InChI is InChI=1S/C18H25ClN4O3S/c1-14(2)18(3,13-20)21-17(24)12-22-8-10-23(11-9-22)27(25,26)16-6-4-15(19)5-7-16/h4-7,14H,8-12H2,1-3H3,(H,21,24)/p+1/t18-/m0/s1. The summed E-state index contributed by atoms with van der Waals surface area (Å²) < 4.78 is 26.8. The molecule has 27 heavy (non-hydrogen) atoms. The molecule has 1 fully saturated rings. The van der Waals surface area contributed by atoms with Crippen LogP contribution >= 0.6 is 11.6 Å². The molecule has 2 N–H and O–H groups in total. The van der Waals surface area contributed by atoms with Crippen LogP contribution in [0.1, 0.15) is 20.8 Å².